The van der Waals surface area contributed by atoms with Crippen LogP contribution in [0.5, 0.6) is 0 Å². The Morgan fingerprint density at radius 1 is 1.09 bits per heavy atom. The van der Waals surface area contributed by atoms with Gasteiger partial charge in [-0.1, -0.05) is 0 Å². The minimum absolute atomic E-state index is 0.179. The van der Waals surface area contributed by atoms with Gasteiger partial charge in [-0.15, -0.1) is 0 Å². The molecule has 5 rings (SSSR count). The van der Waals surface area contributed by atoms with Crippen molar-refractivity contribution in [2.45, 2.75) is 63.9 Å². The summed E-state index contributed by atoms with van der Waals surface area (Å²) in [6.45, 7) is 0. The lowest BCUT2D eigenvalue weighted by atomic mass is 9.48. The van der Waals surface area contributed by atoms with Crippen molar-refractivity contribution in [2.24, 2.45) is 23.2 Å². The summed E-state index contributed by atoms with van der Waals surface area (Å²) < 4.78 is 0. The van der Waals surface area contributed by atoms with Crippen LogP contribution in [0, 0.1) is 29.6 Å². The fraction of sp³-hybridized carbons (Fsp3) is 0.700. The van der Waals surface area contributed by atoms with Crippen molar-refractivity contribution in [3.8, 4) is 0 Å². The molecule has 1 atom stereocenters. The summed E-state index contributed by atoms with van der Waals surface area (Å²) in [5, 5.41) is 10.4. The van der Waals surface area contributed by atoms with Crippen molar-refractivity contribution >= 4 is 0 Å². The summed E-state index contributed by atoms with van der Waals surface area (Å²) in [5.74, 6) is 3.06. The molecule has 4 aliphatic rings. The second-order valence-electron chi connectivity index (χ2n) is 8.33. The standard InChI is InChI=1S/C20H28NO/c22-19(2-1-15-4-7-21-8-5-15)3-6-20-12-16-9-17(13-20)11-18(10-16)14-20/h1,4-5,7-8,16-19,22H,2-3,6,9-14H2. The summed E-state index contributed by atoms with van der Waals surface area (Å²) in [5.41, 5.74) is 1.77. The molecule has 4 fully saturated rings. The highest BCUT2D eigenvalue weighted by atomic mass is 16.3. The molecule has 0 spiro atoms. The molecule has 1 N–H and O–H groups in total. The number of aliphatic hydroxyl groups is 1. The number of aromatic nitrogens is 1. The van der Waals surface area contributed by atoms with E-state index in [0.717, 1.165) is 30.6 Å². The zero-order valence-electron chi connectivity index (χ0n) is 13.5. The Balaban J connectivity index is 1.27. The largest absolute Gasteiger partial charge is 0.393 e. The van der Waals surface area contributed by atoms with Crippen LogP contribution in [0.15, 0.2) is 24.5 Å². The van der Waals surface area contributed by atoms with Crippen LogP contribution in [0.4, 0.5) is 0 Å². The third-order valence-corrected chi connectivity index (χ3v) is 6.50. The van der Waals surface area contributed by atoms with Crippen LogP contribution >= 0.6 is 0 Å². The molecule has 4 saturated carbocycles. The first-order chi connectivity index (χ1) is 10.7. The van der Waals surface area contributed by atoms with E-state index in [4.69, 9.17) is 0 Å². The number of pyridine rings is 1. The molecule has 1 aromatic rings. The first-order valence-electron chi connectivity index (χ1n) is 9.12. The van der Waals surface area contributed by atoms with Crippen molar-refractivity contribution in [1.29, 1.82) is 0 Å². The highest BCUT2D eigenvalue weighted by Crippen LogP contribution is 2.61. The molecule has 22 heavy (non-hydrogen) atoms. The minimum atomic E-state index is -0.179. The van der Waals surface area contributed by atoms with Gasteiger partial charge in [0.25, 0.3) is 0 Å². The molecule has 4 bridgehead atoms. The third-order valence-electron chi connectivity index (χ3n) is 6.50. The quantitative estimate of drug-likeness (QED) is 0.845. The molecular weight excluding hydrogens is 270 g/mol. The topological polar surface area (TPSA) is 33.1 Å². The van der Waals surface area contributed by atoms with E-state index in [1.807, 2.05) is 24.5 Å². The van der Waals surface area contributed by atoms with Crippen molar-refractivity contribution in [2.75, 3.05) is 0 Å². The van der Waals surface area contributed by atoms with Gasteiger partial charge in [0.15, 0.2) is 0 Å². The molecule has 0 aliphatic heterocycles. The van der Waals surface area contributed by atoms with Crippen molar-refractivity contribution in [1.82, 2.24) is 4.98 Å². The number of hydrogen-bond acceptors (Lipinski definition) is 2. The van der Waals surface area contributed by atoms with Gasteiger partial charge in [-0.05, 0) is 105 Å². The first-order valence-corrected chi connectivity index (χ1v) is 9.12. The predicted molar refractivity (Wildman–Crippen MR) is 88.1 cm³/mol. The van der Waals surface area contributed by atoms with Crippen LogP contribution in [-0.2, 0) is 0 Å². The van der Waals surface area contributed by atoms with Crippen LogP contribution in [-0.4, -0.2) is 16.2 Å². The number of aliphatic hydroxyl groups excluding tert-OH is 1. The van der Waals surface area contributed by atoms with E-state index >= 15 is 0 Å². The molecule has 0 amide bonds. The van der Waals surface area contributed by atoms with Gasteiger partial charge in [0.2, 0.25) is 0 Å². The highest BCUT2D eigenvalue weighted by Gasteiger charge is 2.50. The molecular formula is C20H28NO. The molecule has 4 aliphatic carbocycles. The monoisotopic (exact) mass is 298 g/mol. The average Bonchev–Trinajstić information content (AvgIpc) is 2.51. The van der Waals surface area contributed by atoms with Crippen LogP contribution in [0.1, 0.15) is 63.4 Å². The van der Waals surface area contributed by atoms with Gasteiger partial charge in [-0.25, -0.2) is 0 Å². The molecule has 0 aromatic carbocycles. The van der Waals surface area contributed by atoms with Gasteiger partial charge in [-0.2, -0.15) is 0 Å². The maximum Gasteiger partial charge on any atom is 0.0546 e. The Hall–Kier alpha value is -0.890. The van der Waals surface area contributed by atoms with Crippen LogP contribution in [0.3, 0.4) is 0 Å². The zero-order chi connectivity index (χ0) is 15.0. The van der Waals surface area contributed by atoms with Gasteiger partial charge in [-0.3, -0.25) is 4.98 Å². The minimum Gasteiger partial charge on any atom is -0.393 e. The number of rotatable bonds is 6. The van der Waals surface area contributed by atoms with Gasteiger partial charge >= 0.3 is 0 Å². The fourth-order valence-electron chi connectivity index (χ4n) is 5.96. The second-order valence-corrected chi connectivity index (χ2v) is 8.33. The SMILES string of the molecule is OC(C[CH]c1ccncc1)CCC12CC3CC(CC(C3)C1)C2. The molecule has 119 valence electrons. The molecule has 1 aromatic heterocycles. The molecule has 1 heterocycles. The Morgan fingerprint density at radius 2 is 1.68 bits per heavy atom. The Labute approximate surface area is 134 Å². The molecule has 2 nitrogen and oxygen atoms in total. The van der Waals surface area contributed by atoms with E-state index < -0.39 is 0 Å². The predicted octanol–water partition coefficient (Wildman–Crippen LogP) is 4.38. The van der Waals surface area contributed by atoms with Gasteiger partial charge < -0.3 is 5.11 Å². The summed E-state index contributed by atoms with van der Waals surface area (Å²) in [4.78, 5) is 4.03. The summed E-state index contributed by atoms with van der Waals surface area (Å²) in [6, 6.07) is 4.01. The van der Waals surface area contributed by atoms with Crippen molar-refractivity contribution < 1.29 is 5.11 Å². The smallest absolute Gasteiger partial charge is 0.0546 e. The Kier molecular flexibility index (Phi) is 3.98. The van der Waals surface area contributed by atoms with E-state index in [1.54, 1.807) is 0 Å². The van der Waals surface area contributed by atoms with Gasteiger partial charge in [0.05, 0.1) is 6.10 Å². The first kappa shape index (κ1) is 14.7. The van der Waals surface area contributed by atoms with E-state index in [2.05, 4.69) is 11.4 Å². The summed E-state index contributed by atoms with van der Waals surface area (Å²) in [6.07, 6.45) is 17.5. The fourth-order valence-corrected chi connectivity index (χ4v) is 5.96. The van der Waals surface area contributed by atoms with E-state index in [0.29, 0.717) is 5.41 Å². The lowest BCUT2D eigenvalue weighted by Gasteiger charge is -2.57. The zero-order valence-corrected chi connectivity index (χ0v) is 13.5. The lowest BCUT2D eigenvalue weighted by molar-refractivity contribution is -0.0628. The average molecular weight is 298 g/mol. The second kappa shape index (κ2) is 5.96. The maximum absolute atomic E-state index is 10.4. The number of nitrogens with zero attached hydrogens (tertiary/aromatic N) is 1. The van der Waals surface area contributed by atoms with E-state index in [-0.39, 0.29) is 6.10 Å². The van der Waals surface area contributed by atoms with E-state index in [9.17, 15) is 5.11 Å². The third kappa shape index (κ3) is 3.08. The molecule has 0 saturated heterocycles. The van der Waals surface area contributed by atoms with Crippen molar-refractivity contribution in [3.63, 3.8) is 0 Å². The molecule has 1 unspecified atom stereocenters. The maximum atomic E-state index is 10.4. The van der Waals surface area contributed by atoms with E-state index in [1.165, 1.54) is 50.5 Å². The normalized spacial score (nSPS) is 37.4. The van der Waals surface area contributed by atoms with Gasteiger partial charge in [0, 0.05) is 12.4 Å². The Morgan fingerprint density at radius 3 is 2.27 bits per heavy atom. The summed E-state index contributed by atoms with van der Waals surface area (Å²) >= 11 is 0. The lowest BCUT2D eigenvalue weighted by Crippen LogP contribution is -2.46. The Bertz CT molecular complexity index is 462. The molecule has 2 heteroatoms. The van der Waals surface area contributed by atoms with Gasteiger partial charge in [0.1, 0.15) is 0 Å². The van der Waals surface area contributed by atoms with Crippen LogP contribution in [0.2, 0.25) is 0 Å². The number of hydrogen-bond donors (Lipinski definition) is 1. The molecule has 1 radical (unpaired) electrons. The summed E-state index contributed by atoms with van der Waals surface area (Å²) in [7, 11) is 0. The van der Waals surface area contributed by atoms with Crippen LogP contribution < -0.4 is 0 Å². The van der Waals surface area contributed by atoms with Crippen LogP contribution in [0.25, 0.3) is 0 Å². The highest BCUT2D eigenvalue weighted by molar-refractivity contribution is 5.19. The van der Waals surface area contributed by atoms with Crippen molar-refractivity contribution in [3.05, 3.63) is 36.5 Å².